The number of fused-ring (bicyclic) bond motifs is 1. The Bertz CT molecular complexity index is 516. The molecule has 1 heterocycles. The summed E-state index contributed by atoms with van der Waals surface area (Å²) in [6.45, 7) is 0. The number of carbonyl (C=O) groups excluding carboxylic acids is 1. The van der Waals surface area contributed by atoms with Gasteiger partial charge in [-0.25, -0.2) is 4.98 Å². The molecular weight excluding hydrogens is 209 g/mol. The minimum Gasteiger partial charge on any atom is -0.345 e. The van der Waals surface area contributed by atoms with Crippen molar-refractivity contribution in [3.8, 4) is 0 Å². The van der Waals surface area contributed by atoms with Crippen molar-refractivity contribution in [1.82, 2.24) is 9.97 Å². The minimum atomic E-state index is -4.54. The number of H-pyrrole nitrogens is 1. The van der Waals surface area contributed by atoms with Crippen molar-refractivity contribution >= 4 is 17.3 Å². The predicted molar refractivity (Wildman–Crippen MR) is 46.5 cm³/mol. The lowest BCUT2D eigenvalue weighted by Crippen LogP contribution is -2.09. The Balaban J connectivity index is 2.80. The molecule has 2 aromatic rings. The lowest BCUT2D eigenvalue weighted by atomic mass is 10.1. The summed E-state index contributed by atoms with van der Waals surface area (Å²) in [5.74, 6) is 0. The first-order chi connectivity index (χ1) is 7.04. The number of halogens is 3. The van der Waals surface area contributed by atoms with Crippen LogP contribution in [0, 0.1) is 0 Å². The third-order valence-electron chi connectivity index (χ3n) is 2.05. The Labute approximate surface area is 81.9 Å². The van der Waals surface area contributed by atoms with Gasteiger partial charge in [0.05, 0.1) is 28.5 Å². The van der Waals surface area contributed by atoms with Gasteiger partial charge in [0.2, 0.25) is 0 Å². The summed E-state index contributed by atoms with van der Waals surface area (Å²) in [6.07, 6.45) is -3.12. The second kappa shape index (κ2) is 3.08. The summed E-state index contributed by atoms with van der Waals surface area (Å²) in [6, 6.07) is 2.11. The Morgan fingerprint density at radius 1 is 1.33 bits per heavy atom. The number of hydrogen-bond acceptors (Lipinski definition) is 2. The van der Waals surface area contributed by atoms with E-state index in [2.05, 4.69) is 9.97 Å². The summed E-state index contributed by atoms with van der Waals surface area (Å²) in [5, 5.41) is 0. The average Bonchev–Trinajstić information content (AvgIpc) is 2.61. The lowest BCUT2D eigenvalue weighted by Gasteiger charge is -2.08. The number of aromatic amines is 1. The van der Waals surface area contributed by atoms with E-state index in [-0.39, 0.29) is 11.8 Å². The Hall–Kier alpha value is -1.85. The standard InChI is InChI=1S/C9H5F3N2O/c10-9(11,12)6-1-2-7-8(5(6)3-15)14-4-13-7/h1-4H,(H,13,14). The van der Waals surface area contributed by atoms with Crippen LogP contribution in [0.15, 0.2) is 18.5 Å². The van der Waals surface area contributed by atoms with Crippen molar-refractivity contribution in [2.45, 2.75) is 6.18 Å². The number of imidazole rings is 1. The van der Waals surface area contributed by atoms with Gasteiger partial charge in [-0.2, -0.15) is 13.2 Å². The summed E-state index contributed by atoms with van der Waals surface area (Å²) in [7, 11) is 0. The highest BCUT2D eigenvalue weighted by Gasteiger charge is 2.34. The van der Waals surface area contributed by atoms with Gasteiger partial charge in [0.15, 0.2) is 6.29 Å². The zero-order valence-corrected chi connectivity index (χ0v) is 7.30. The van der Waals surface area contributed by atoms with Crippen LogP contribution in [0.2, 0.25) is 0 Å². The normalized spacial score (nSPS) is 11.9. The number of hydrogen-bond donors (Lipinski definition) is 1. The van der Waals surface area contributed by atoms with Crippen molar-refractivity contribution < 1.29 is 18.0 Å². The molecule has 0 atom stereocenters. The van der Waals surface area contributed by atoms with E-state index < -0.39 is 17.3 Å². The largest absolute Gasteiger partial charge is 0.417 e. The zero-order valence-electron chi connectivity index (χ0n) is 7.30. The highest BCUT2D eigenvalue weighted by Crippen LogP contribution is 2.33. The SMILES string of the molecule is O=Cc1c(C(F)(F)F)ccc2[nH]cnc12. The molecule has 0 fully saturated rings. The third-order valence-corrected chi connectivity index (χ3v) is 2.05. The number of aromatic nitrogens is 2. The fourth-order valence-electron chi connectivity index (χ4n) is 1.40. The highest BCUT2D eigenvalue weighted by molar-refractivity contribution is 5.95. The van der Waals surface area contributed by atoms with Crippen molar-refractivity contribution in [3.63, 3.8) is 0 Å². The van der Waals surface area contributed by atoms with E-state index in [0.29, 0.717) is 5.52 Å². The van der Waals surface area contributed by atoms with Gasteiger partial charge in [0, 0.05) is 0 Å². The van der Waals surface area contributed by atoms with Crippen LogP contribution >= 0.6 is 0 Å². The monoisotopic (exact) mass is 214 g/mol. The third kappa shape index (κ3) is 1.47. The number of aldehydes is 1. The van der Waals surface area contributed by atoms with Gasteiger partial charge in [-0.15, -0.1) is 0 Å². The van der Waals surface area contributed by atoms with Gasteiger partial charge in [0.1, 0.15) is 0 Å². The topological polar surface area (TPSA) is 45.8 Å². The van der Waals surface area contributed by atoms with Crippen LogP contribution in [0.4, 0.5) is 13.2 Å². The zero-order chi connectivity index (χ0) is 11.1. The average molecular weight is 214 g/mol. The number of nitrogens with zero attached hydrogens (tertiary/aromatic N) is 1. The maximum absolute atomic E-state index is 12.5. The van der Waals surface area contributed by atoms with Crippen LogP contribution < -0.4 is 0 Å². The molecule has 0 amide bonds. The maximum atomic E-state index is 12.5. The van der Waals surface area contributed by atoms with Crippen LogP contribution in [0.25, 0.3) is 11.0 Å². The molecule has 6 heteroatoms. The van der Waals surface area contributed by atoms with Crippen molar-refractivity contribution in [2.75, 3.05) is 0 Å². The van der Waals surface area contributed by atoms with Crippen LogP contribution in [-0.4, -0.2) is 16.3 Å². The lowest BCUT2D eigenvalue weighted by molar-refractivity contribution is -0.137. The van der Waals surface area contributed by atoms with Gasteiger partial charge in [-0.05, 0) is 12.1 Å². The summed E-state index contributed by atoms with van der Waals surface area (Å²) >= 11 is 0. The van der Waals surface area contributed by atoms with E-state index in [1.54, 1.807) is 0 Å². The van der Waals surface area contributed by atoms with Crippen LogP contribution in [0.5, 0.6) is 0 Å². The van der Waals surface area contributed by atoms with E-state index in [9.17, 15) is 18.0 Å². The number of nitrogens with one attached hydrogen (secondary N) is 1. The second-order valence-electron chi connectivity index (χ2n) is 2.94. The predicted octanol–water partition coefficient (Wildman–Crippen LogP) is 2.39. The molecule has 0 radical (unpaired) electrons. The molecule has 0 saturated carbocycles. The molecular formula is C9H5F3N2O. The Morgan fingerprint density at radius 2 is 2.07 bits per heavy atom. The van der Waals surface area contributed by atoms with Crippen molar-refractivity contribution in [1.29, 1.82) is 0 Å². The molecule has 2 rings (SSSR count). The number of alkyl halides is 3. The fraction of sp³-hybridized carbons (Fsp3) is 0.111. The Morgan fingerprint density at radius 3 is 2.67 bits per heavy atom. The first-order valence-corrected chi connectivity index (χ1v) is 4.02. The van der Waals surface area contributed by atoms with Gasteiger partial charge < -0.3 is 4.98 Å². The fourth-order valence-corrected chi connectivity index (χ4v) is 1.40. The van der Waals surface area contributed by atoms with Crippen molar-refractivity contribution in [3.05, 3.63) is 29.6 Å². The summed E-state index contributed by atoms with van der Waals surface area (Å²) < 4.78 is 37.4. The highest BCUT2D eigenvalue weighted by atomic mass is 19.4. The first-order valence-electron chi connectivity index (χ1n) is 4.02. The van der Waals surface area contributed by atoms with Gasteiger partial charge in [0.25, 0.3) is 0 Å². The summed E-state index contributed by atoms with van der Waals surface area (Å²) in [4.78, 5) is 16.9. The van der Waals surface area contributed by atoms with Crippen LogP contribution in [-0.2, 0) is 6.18 Å². The quantitative estimate of drug-likeness (QED) is 0.741. The first kappa shape index (κ1) is 9.70. The Kier molecular flexibility index (Phi) is 1.99. The van der Waals surface area contributed by atoms with E-state index in [0.717, 1.165) is 6.07 Å². The molecule has 3 nitrogen and oxygen atoms in total. The molecule has 1 N–H and O–H groups in total. The number of carbonyl (C=O) groups is 1. The summed E-state index contributed by atoms with van der Waals surface area (Å²) in [5.41, 5.74) is -0.941. The minimum absolute atomic E-state index is 0.0415. The number of benzene rings is 1. The molecule has 15 heavy (non-hydrogen) atoms. The van der Waals surface area contributed by atoms with E-state index >= 15 is 0 Å². The van der Waals surface area contributed by atoms with E-state index in [1.165, 1.54) is 12.4 Å². The van der Waals surface area contributed by atoms with Gasteiger partial charge in [-0.3, -0.25) is 4.79 Å². The van der Waals surface area contributed by atoms with E-state index in [1.807, 2.05) is 0 Å². The molecule has 0 spiro atoms. The molecule has 0 aliphatic carbocycles. The molecule has 0 bridgehead atoms. The molecule has 0 aliphatic heterocycles. The van der Waals surface area contributed by atoms with Gasteiger partial charge in [-0.1, -0.05) is 0 Å². The molecule has 1 aromatic heterocycles. The van der Waals surface area contributed by atoms with Gasteiger partial charge >= 0.3 is 6.18 Å². The molecule has 0 aliphatic rings. The maximum Gasteiger partial charge on any atom is 0.417 e. The molecule has 78 valence electrons. The molecule has 0 unspecified atom stereocenters. The smallest absolute Gasteiger partial charge is 0.345 e. The van der Waals surface area contributed by atoms with Crippen LogP contribution in [0.1, 0.15) is 15.9 Å². The second-order valence-corrected chi connectivity index (χ2v) is 2.94. The van der Waals surface area contributed by atoms with Crippen molar-refractivity contribution in [2.24, 2.45) is 0 Å². The molecule has 1 aromatic carbocycles. The number of rotatable bonds is 1. The van der Waals surface area contributed by atoms with E-state index in [4.69, 9.17) is 0 Å². The van der Waals surface area contributed by atoms with Crippen LogP contribution in [0.3, 0.4) is 0 Å². The molecule has 0 saturated heterocycles.